The maximum absolute atomic E-state index is 9.56. The van der Waals surface area contributed by atoms with Crippen LogP contribution in [0, 0.1) is 0 Å². The molecule has 96 valence electrons. The number of aromatic hydroxyl groups is 1. The van der Waals surface area contributed by atoms with Gasteiger partial charge >= 0.3 is 0 Å². The van der Waals surface area contributed by atoms with E-state index in [0.29, 0.717) is 5.75 Å². The van der Waals surface area contributed by atoms with E-state index < -0.39 is 0 Å². The van der Waals surface area contributed by atoms with Gasteiger partial charge < -0.3 is 9.67 Å². The van der Waals surface area contributed by atoms with Gasteiger partial charge in [-0.25, -0.2) is 0 Å². The largest absolute Gasteiger partial charge is 0.508 e. The van der Waals surface area contributed by atoms with Crippen LogP contribution in [0.3, 0.4) is 0 Å². The monoisotopic (exact) mass is 244 g/mol. The second kappa shape index (κ2) is 4.65. The second-order valence-electron chi connectivity index (χ2n) is 5.30. The molecule has 1 aromatic carbocycles. The minimum absolute atomic E-state index is 0.341. The summed E-state index contributed by atoms with van der Waals surface area (Å²) in [6, 6.07) is 5.65. The van der Waals surface area contributed by atoms with Gasteiger partial charge in [0.2, 0.25) is 0 Å². The van der Waals surface area contributed by atoms with E-state index in [0.717, 1.165) is 12.1 Å². The molecular formula is C15H20N2O. The Balaban J connectivity index is 1.91. The van der Waals surface area contributed by atoms with Crippen LogP contribution in [-0.4, -0.2) is 27.7 Å². The molecule has 3 heteroatoms. The molecule has 0 saturated carbocycles. The van der Waals surface area contributed by atoms with Crippen LogP contribution in [0.15, 0.2) is 24.4 Å². The van der Waals surface area contributed by atoms with Gasteiger partial charge in [0.1, 0.15) is 5.75 Å². The Kier molecular flexibility index (Phi) is 3.00. The summed E-state index contributed by atoms with van der Waals surface area (Å²) in [6.45, 7) is 3.46. The van der Waals surface area contributed by atoms with Crippen molar-refractivity contribution in [2.45, 2.75) is 25.8 Å². The molecule has 0 unspecified atom stereocenters. The first-order valence-electron chi connectivity index (χ1n) is 6.73. The second-order valence-corrected chi connectivity index (χ2v) is 5.30. The first kappa shape index (κ1) is 11.6. The first-order valence-corrected chi connectivity index (χ1v) is 6.73. The van der Waals surface area contributed by atoms with Crippen molar-refractivity contribution in [2.24, 2.45) is 7.05 Å². The van der Waals surface area contributed by atoms with Gasteiger partial charge in [-0.3, -0.25) is 4.90 Å². The van der Waals surface area contributed by atoms with Gasteiger partial charge in [-0.2, -0.15) is 0 Å². The zero-order valence-corrected chi connectivity index (χ0v) is 10.9. The number of hydrogen-bond acceptors (Lipinski definition) is 2. The number of piperidine rings is 1. The maximum Gasteiger partial charge on any atom is 0.117 e. The minimum atomic E-state index is 0.341. The smallest absolute Gasteiger partial charge is 0.117 e. The molecule has 0 spiro atoms. The van der Waals surface area contributed by atoms with Gasteiger partial charge in [-0.05, 0) is 43.6 Å². The molecule has 18 heavy (non-hydrogen) atoms. The SMILES string of the molecule is Cn1cc(CN2CCCCC2)c2ccc(O)cc21. The Bertz CT molecular complexity index is 553. The lowest BCUT2D eigenvalue weighted by Gasteiger charge is -2.26. The lowest BCUT2D eigenvalue weighted by atomic mass is 10.1. The van der Waals surface area contributed by atoms with Gasteiger partial charge in [0, 0.05) is 31.2 Å². The van der Waals surface area contributed by atoms with E-state index in [1.807, 2.05) is 19.2 Å². The Morgan fingerprint density at radius 1 is 1.17 bits per heavy atom. The molecule has 0 radical (unpaired) electrons. The molecular weight excluding hydrogens is 224 g/mol. The third-order valence-corrected chi connectivity index (χ3v) is 3.90. The van der Waals surface area contributed by atoms with Gasteiger partial charge in [0.05, 0.1) is 5.52 Å². The van der Waals surface area contributed by atoms with Gasteiger partial charge in [0.25, 0.3) is 0 Å². The van der Waals surface area contributed by atoms with Gasteiger partial charge in [-0.1, -0.05) is 6.42 Å². The van der Waals surface area contributed by atoms with Crippen LogP contribution in [0.2, 0.25) is 0 Å². The van der Waals surface area contributed by atoms with Crippen LogP contribution in [0.1, 0.15) is 24.8 Å². The molecule has 0 aliphatic carbocycles. The molecule has 0 atom stereocenters. The highest BCUT2D eigenvalue weighted by Gasteiger charge is 2.14. The van der Waals surface area contributed by atoms with Crippen molar-refractivity contribution in [1.82, 2.24) is 9.47 Å². The average molecular weight is 244 g/mol. The molecule has 3 nitrogen and oxygen atoms in total. The molecule has 1 aliphatic rings. The van der Waals surface area contributed by atoms with Crippen molar-refractivity contribution in [2.75, 3.05) is 13.1 Å². The zero-order valence-electron chi connectivity index (χ0n) is 10.9. The highest BCUT2D eigenvalue weighted by Crippen LogP contribution is 2.26. The average Bonchev–Trinajstić information content (AvgIpc) is 2.67. The summed E-state index contributed by atoms with van der Waals surface area (Å²) in [5, 5.41) is 10.8. The predicted octanol–water partition coefficient (Wildman–Crippen LogP) is 2.87. The standard InChI is InChI=1S/C15H20N2O/c1-16-10-12(11-17-7-3-2-4-8-17)14-6-5-13(18)9-15(14)16/h5-6,9-10,18H,2-4,7-8,11H2,1H3. The fourth-order valence-corrected chi connectivity index (χ4v) is 2.94. The number of hydrogen-bond donors (Lipinski definition) is 1. The molecule has 3 rings (SSSR count). The number of aryl methyl sites for hydroxylation is 1. The van der Waals surface area contributed by atoms with Crippen LogP contribution < -0.4 is 0 Å². The molecule has 2 aromatic rings. The van der Waals surface area contributed by atoms with E-state index >= 15 is 0 Å². The molecule has 1 N–H and O–H groups in total. The summed E-state index contributed by atoms with van der Waals surface area (Å²) >= 11 is 0. The molecule has 1 saturated heterocycles. The summed E-state index contributed by atoms with van der Waals surface area (Å²) in [6.07, 6.45) is 6.22. The van der Waals surface area contributed by atoms with E-state index in [4.69, 9.17) is 0 Å². The van der Waals surface area contributed by atoms with Crippen LogP contribution in [0.25, 0.3) is 10.9 Å². The Morgan fingerprint density at radius 2 is 1.94 bits per heavy atom. The predicted molar refractivity (Wildman–Crippen MR) is 73.7 cm³/mol. The molecule has 1 fully saturated rings. The van der Waals surface area contributed by atoms with Gasteiger partial charge in [0.15, 0.2) is 0 Å². The topological polar surface area (TPSA) is 28.4 Å². The third-order valence-electron chi connectivity index (χ3n) is 3.90. The fourth-order valence-electron chi connectivity index (χ4n) is 2.94. The van der Waals surface area contributed by atoms with Crippen molar-refractivity contribution in [3.05, 3.63) is 30.0 Å². The van der Waals surface area contributed by atoms with Crippen LogP contribution in [0.4, 0.5) is 0 Å². The number of nitrogens with zero attached hydrogens (tertiary/aromatic N) is 2. The summed E-state index contributed by atoms with van der Waals surface area (Å²) in [7, 11) is 2.04. The highest BCUT2D eigenvalue weighted by molar-refractivity contribution is 5.85. The number of aromatic nitrogens is 1. The van der Waals surface area contributed by atoms with Crippen LogP contribution >= 0.6 is 0 Å². The molecule has 1 aromatic heterocycles. The number of rotatable bonds is 2. The van der Waals surface area contributed by atoms with E-state index in [1.54, 1.807) is 6.07 Å². The van der Waals surface area contributed by atoms with Crippen molar-refractivity contribution in [3.63, 3.8) is 0 Å². The van der Waals surface area contributed by atoms with Crippen molar-refractivity contribution >= 4 is 10.9 Å². The number of phenolic OH excluding ortho intramolecular Hbond substituents is 1. The quantitative estimate of drug-likeness (QED) is 0.880. The van der Waals surface area contributed by atoms with E-state index in [1.165, 1.54) is 43.3 Å². The van der Waals surface area contributed by atoms with Crippen LogP contribution in [-0.2, 0) is 13.6 Å². The van der Waals surface area contributed by atoms with Crippen LogP contribution in [0.5, 0.6) is 5.75 Å². The van der Waals surface area contributed by atoms with Gasteiger partial charge in [-0.15, -0.1) is 0 Å². The molecule has 1 aliphatic heterocycles. The molecule has 2 heterocycles. The maximum atomic E-state index is 9.56. The Hall–Kier alpha value is -1.48. The summed E-state index contributed by atoms with van der Waals surface area (Å²) in [4.78, 5) is 2.53. The summed E-state index contributed by atoms with van der Waals surface area (Å²) < 4.78 is 2.11. The zero-order chi connectivity index (χ0) is 12.5. The number of benzene rings is 1. The highest BCUT2D eigenvalue weighted by atomic mass is 16.3. The number of likely N-dealkylation sites (tertiary alicyclic amines) is 1. The van der Waals surface area contributed by atoms with E-state index in [2.05, 4.69) is 15.7 Å². The van der Waals surface area contributed by atoms with Crippen molar-refractivity contribution < 1.29 is 5.11 Å². The number of fused-ring (bicyclic) bond motifs is 1. The molecule has 0 bridgehead atoms. The fraction of sp³-hybridized carbons (Fsp3) is 0.467. The van der Waals surface area contributed by atoms with E-state index in [9.17, 15) is 5.11 Å². The lowest BCUT2D eigenvalue weighted by Crippen LogP contribution is -2.28. The molecule has 0 amide bonds. The first-order chi connectivity index (χ1) is 8.74. The Morgan fingerprint density at radius 3 is 2.72 bits per heavy atom. The normalized spacial score (nSPS) is 17.4. The number of phenols is 1. The Labute approximate surface area is 108 Å². The lowest BCUT2D eigenvalue weighted by molar-refractivity contribution is 0.221. The van der Waals surface area contributed by atoms with E-state index in [-0.39, 0.29) is 0 Å². The van der Waals surface area contributed by atoms with Crippen molar-refractivity contribution in [1.29, 1.82) is 0 Å². The minimum Gasteiger partial charge on any atom is -0.508 e. The third kappa shape index (κ3) is 2.10. The summed E-state index contributed by atoms with van der Waals surface area (Å²) in [5.74, 6) is 0.341. The van der Waals surface area contributed by atoms with Crippen molar-refractivity contribution in [3.8, 4) is 5.75 Å². The summed E-state index contributed by atoms with van der Waals surface area (Å²) in [5.41, 5.74) is 2.48.